The minimum absolute atomic E-state index is 0.0355. The Morgan fingerprint density at radius 1 is 1.00 bits per heavy atom. The van der Waals surface area contributed by atoms with Crippen molar-refractivity contribution in [2.45, 2.75) is 17.7 Å². The maximum Gasteiger partial charge on any atom is 0.265 e. The van der Waals surface area contributed by atoms with Gasteiger partial charge in [0.2, 0.25) is 11.8 Å². The number of anilines is 2. The average molecular weight is 396 g/mol. The van der Waals surface area contributed by atoms with E-state index in [1.54, 1.807) is 0 Å². The molecule has 0 saturated carbocycles. The van der Waals surface area contributed by atoms with Gasteiger partial charge in [0.15, 0.2) is 0 Å². The van der Waals surface area contributed by atoms with E-state index in [1.807, 2.05) is 0 Å². The monoisotopic (exact) mass is 396 g/mol. The second kappa shape index (κ2) is 6.95. The Kier molecular flexibility index (Phi) is 4.83. The number of ether oxygens (including phenoxy) is 1. The van der Waals surface area contributed by atoms with Crippen molar-refractivity contribution in [1.82, 2.24) is 0 Å². The zero-order chi connectivity index (χ0) is 19.8. The van der Waals surface area contributed by atoms with Crippen LogP contribution in [0.3, 0.4) is 0 Å². The van der Waals surface area contributed by atoms with Gasteiger partial charge in [-0.3, -0.25) is 19.2 Å². The van der Waals surface area contributed by atoms with Gasteiger partial charge in [-0.05, 0) is 30.3 Å². The molecule has 7 nitrogen and oxygen atoms in total. The van der Waals surface area contributed by atoms with Crippen LogP contribution in [-0.4, -0.2) is 27.3 Å². The molecule has 2 amide bonds. The Bertz CT molecular complexity index is 1000. The molecular formula is C17H14F2N2O5S. The van der Waals surface area contributed by atoms with Crippen LogP contribution in [0.4, 0.5) is 20.2 Å². The number of halogens is 2. The van der Waals surface area contributed by atoms with Crippen LogP contribution < -0.4 is 14.4 Å². The van der Waals surface area contributed by atoms with E-state index in [-0.39, 0.29) is 34.9 Å². The molecule has 0 spiro atoms. The predicted molar refractivity (Wildman–Crippen MR) is 91.9 cm³/mol. The SMILES string of the molecule is COc1ccc(N2C(=O)CCC2=O)cc1S(=O)(=O)Nc1cc(F)cc(F)c1. The van der Waals surface area contributed by atoms with Crippen molar-refractivity contribution in [3.8, 4) is 5.75 Å². The number of carbonyl (C=O) groups is 2. The van der Waals surface area contributed by atoms with Gasteiger partial charge < -0.3 is 4.74 Å². The number of carbonyl (C=O) groups excluding carboxylic acids is 2. The minimum Gasteiger partial charge on any atom is -0.495 e. The summed E-state index contributed by atoms with van der Waals surface area (Å²) in [6.45, 7) is 0. The van der Waals surface area contributed by atoms with Crippen molar-refractivity contribution in [1.29, 1.82) is 0 Å². The summed E-state index contributed by atoms with van der Waals surface area (Å²) >= 11 is 0. The molecule has 1 N–H and O–H groups in total. The highest BCUT2D eigenvalue weighted by Crippen LogP contribution is 2.32. The Labute approximate surface area is 153 Å². The van der Waals surface area contributed by atoms with Crippen molar-refractivity contribution in [3.63, 3.8) is 0 Å². The fraction of sp³-hybridized carbons (Fsp3) is 0.176. The smallest absolute Gasteiger partial charge is 0.265 e. The Hall–Kier alpha value is -3.01. The van der Waals surface area contributed by atoms with E-state index in [4.69, 9.17) is 4.74 Å². The van der Waals surface area contributed by atoms with Gasteiger partial charge >= 0.3 is 0 Å². The normalized spacial score (nSPS) is 14.6. The summed E-state index contributed by atoms with van der Waals surface area (Å²) in [5.41, 5.74) is -0.262. The van der Waals surface area contributed by atoms with E-state index in [2.05, 4.69) is 4.72 Å². The predicted octanol–water partition coefficient (Wildman–Crippen LogP) is 2.43. The molecule has 0 aromatic heterocycles. The fourth-order valence-corrected chi connectivity index (χ4v) is 3.93. The highest BCUT2D eigenvalue weighted by Gasteiger charge is 2.32. The molecule has 0 atom stereocenters. The second-order valence-corrected chi connectivity index (χ2v) is 7.37. The summed E-state index contributed by atoms with van der Waals surface area (Å²) in [5.74, 6) is -2.88. The molecule has 0 bridgehead atoms. The van der Waals surface area contributed by atoms with Crippen LogP contribution in [0.2, 0.25) is 0 Å². The molecule has 2 aromatic carbocycles. The lowest BCUT2D eigenvalue weighted by molar-refractivity contribution is -0.121. The maximum absolute atomic E-state index is 13.3. The number of benzene rings is 2. The first kappa shape index (κ1) is 18.8. The lowest BCUT2D eigenvalue weighted by atomic mass is 10.2. The minimum atomic E-state index is -4.33. The molecule has 2 aromatic rings. The van der Waals surface area contributed by atoms with E-state index in [1.165, 1.54) is 19.2 Å². The first-order valence-electron chi connectivity index (χ1n) is 7.74. The third-order valence-corrected chi connectivity index (χ3v) is 5.26. The number of hydrogen-bond acceptors (Lipinski definition) is 5. The summed E-state index contributed by atoms with van der Waals surface area (Å²) in [6, 6.07) is 5.98. The molecular weight excluding hydrogens is 382 g/mol. The molecule has 0 aliphatic carbocycles. The average Bonchev–Trinajstić information content (AvgIpc) is 2.91. The molecule has 1 fully saturated rings. The van der Waals surface area contributed by atoms with Gasteiger partial charge in [0.05, 0.1) is 18.5 Å². The molecule has 10 heteroatoms. The van der Waals surface area contributed by atoms with Gasteiger partial charge in [0.1, 0.15) is 22.3 Å². The lowest BCUT2D eigenvalue weighted by Gasteiger charge is -2.17. The van der Waals surface area contributed by atoms with Crippen LogP contribution in [0.15, 0.2) is 41.3 Å². The van der Waals surface area contributed by atoms with Gasteiger partial charge in [-0.2, -0.15) is 0 Å². The number of rotatable bonds is 5. The van der Waals surface area contributed by atoms with Crippen LogP contribution in [0, 0.1) is 11.6 Å². The largest absolute Gasteiger partial charge is 0.495 e. The number of imide groups is 1. The van der Waals surface area contributed by atoms with Gasteiger partial charge in [0.25, 0.3) is 10.0 Å². The lowest BCUT2D eigenvalue weighted by Crippen LogP contribution is -2.28. The Balaban J connectivity index is 2.04. The highest BCUT2D eigenvalue weighted by molar-refractivity contribution is 7.92. The van der Waals surface area contributed by atoms with E-state index in [0.29, 0.717) is 6.07 Å². The Morgan fingerprint density at radius 2 is 1.59 bits per heavy atom. The molecule has 27 heavy (non-hydrogen) atoms. The fourth-order valence-electron chi connectivity index (χ4n) is 2.70. The third-order valence-electron chi connectivity index (χ3n) is 3.86. The summed E-state index contributed by atoms with van der Waals surface area (Å²) in [5, 5.41) is 0. The van der Waals surface area contributed by atoms with Gasteiger partial charge in [-0.15, -0.1) is 0 Å². The number of nitrogens with one attached hydrogen (secondary N) is 1. The zero-order valence-electron chi connectivity index (χ0n) is 14.0. The zero-order valence-corrected chi connectivity index (χ0v) is 14.8. The standard InChI is InChI=1S/C17H14F2N2O5S/c1-26-14-3-2-13(21-16(22)4-5-17(21)23)9-15(14)27(24,25)20-12-7-10(18)6-11(19)8-12/h2-3,6-9,20H,4-5H2,1H3. The van der Waals surface area contributed by atoms with Crippen molar-refractivity contribution in [2.75, 3.05) is 16.7 Å². The van der Waals surface area contributed by atoms with Crippen molar-refractivity contribution < 1.29 is 31.5 Å². The quantitative estimate of drug-likeness (QED) is 0.784. The second-order valence-electron chi connectivity index (χ2n) is 5.72. The number of sulfonamides is 1. The van der Waals surface area contributed by atoms with Gasteiger partial charge in [-0.1, -0.05) is 0 Å². The summed E-state index contributed by atoms with van der Waals surface area (Å²) < 4.78 is 59.2. The van der Waals surface area contributed by atoms with Crippen LogP contribution in [0.25, 0.3) is 0 Å². The third kappa shape index (κ3) is 3.75. The first-order chi connectivity index (χ1) is 12.7. The first-order valence-corrected chi connectivity index (χ1v) is 9.22. The number of hydrogen-bond donors (Lipinski definition) is 1. The van der Waals surface area contributed by atoms with Crippen LogP contribution in [0.5, 0.6) is 5.75 Å². The van der Waals surface area contributed by atoms with E-state index in [0.717, 1.165) is 23.1 Å². The number of methoxy groups -OCH3 is 1. The molecule has 1 aliphatic rings. The van der Waals surface area contributed by atoms with Crippen LogP contribution in [-0.2, 0) is 19.6 Å². The van der Waals surface area contributed by atoms with E-state index in [9.17, 15) is 26.8 Å². The van der Waals surface area contributed by atoms with Crippen molar-refractivity contribution in [3.05, 3.63) is 48.0 Å². The highest BCUT2D eigenvalue weighted by atomic mass is 32.2. The Morgan fingerprint density at radius 3 is 2.15 bits per heavy atom. The number of nitrogens with zero attached hydrogens (tertiary/aromatic N) is 1. The maximum atomic E-state index is 13.3. The molecule has 1 aliphatic heterocycles. The topological polar surface area (TPSA) is 92.8 Å². The summed E-state index contributed by atoms with van der Waals surface area (Å²) in [6.07, 6.45) is 0.0710. The molecule has 1 heterocycles. The van der Waals surface area contributed by atoms with Crippen LogP contribution in [0.1, 0.15) is 12.8 Å². The molecule has 142 valence electrons. The molecule has 1 saturated heterocycles. The summed E-state index contributed by atoms with van der Waals surface area (Å²) in [7, 11) is -3.10. The van der Waals surface area contributed by atoms with Crippen LogP contribution >= 0.6 is 0 Å². The number of amides is 2. The van der Waals surface area contributed by atoms with Gasteiger partial charge in [0, 0.05) is 18.9 Å². The van der Waals surface area contributed by atoms with Gasteiger partial charge in [-0.25, -0.2) is 17.2 Å². The molecule has 0 unspecified atom stereocenters. The van der Waals surface area contributed by atoms with Crippen molar-refractivity contribution >= 4 is 33.2 Å². The molecule has 0 radical (unpaired) electrons. The van der Waals surface area contributed by atoms with Crippen molar-refractivity contribution in [2.24, 2.45) is 0 Å². The summed E-state index contributed by atoms with van der Waals surface area (Å²) in [4.78, 5) is 24.3. The van der Waals surface area contributed by atoms with E-state index >= 15 is 0 Å². The van der Waals surface area contributed by atoms with E-state index < -0.39 is 33.5 Å². The molecule has 3 rings (SSSR count).